The average Bonchev–Trinajstić information content (AvgIpc) is 2.67. The minimum Gasteiger partial charge on any atom is -0.339 e. The first kappa shape index (κ1) is 17.0. The van der Waals surface area contributed by atoms with E-state index in [-0.39, 0.29) is 11.9 Å². The molecule has 2 N–H and O–H groups in total. The second-order valence-corrected chi connectivity index (χ2v) is 6.10. The summed E-state index contributed by atoms with van der Waals surface area (Å²) in [5, 5.41) is 5.54. The Morgan fingerprint density at radius 3 is 2.68 bits per heavy atom. The Hall–Kier alpha value is -2.89. The Morgan fingerprint density at radius 1 is 1.08 bits per heavy atom. The van der Waals surface area contributed by atoms with Crippen molar-refractivity contribution in [3.8, 4) is 0 Å². The number of hydrogen-bond donors (Lipinski definition) is 2. The standard InChI is InChI=1S/C19H22N4O2/c24-18(23-10-2-1-3-11-23)16-7-4-8-17(12-16)22-19(25)21-14-15-6-5-9-20-13-15/h4-9,12-13H,1-3,10-11,14H2,(H2,21,22,25). The molecule has 1 aliphatic heterocycles. The summed E-state index contributed by atoms with van der Waals surface area (Å²) < 4.78 is 0. The predicted molar refractivity (Wildman–Crippen MR) is 96.3 cm³/mol. The average molecular weight is 338 g/mol. The Morgan fingerprint density at radius 2 is 1.92 bits per heavy atom. The molecular formula is C19H22N4O2. The number of urea groups is 1. The van der Waals surface area contributed by atoms with Gasteiger partial charge in [0.2, 0.25) is 0 Å². The molecule has 1 fully saturated rings. The smallest absolute Gasteiger partial charge is 0.319 e. The molecular weight excluding hydrogens is 316 g/mol. The molecule has 130 valence electrons. The molecule has 1 aromatic carbocycles. The van der Waals surface area contributed by atoms with Crippen LogP contribution in [0.15, 0.2) is 48.8 Å². The second kappa shape index (κ2) is 8.28. The summed E-state index contributed by atoms with van der Waals surface area (Å²) in [5.74, 6) is 0.0270. The van der Waals surface area contributed by atoms with Crippen LogP contribution in [-0.4, -0.2) is 34.9 Å². The van der Waals surface area contributed by atoms with Gasteiger partial charge >= 0.3 is 6.03 Å². The largest absolute Gasteiger partial charge is 0.339 e. The van der Waals surface area contributed by atoms with Crippen molar-refractivity contribution in [2.45, 2.75) is 25.8 Å². The number of nitrogens with one attached hydrogen (secondary N) is 2. The third kappa shape index (κ3) is 4.79. The van der Waals surface area contributed by atoms with E-state index in [1.807, 2.05) is 17.0 Å². The fourth-order valence-corrected chi connectivity index (χ4v) is 2.87. The van der Waals surface area contributed by atoms with Gasteiger partial charge in [-0.1, -0.05) is 12.1 Å². The van der Waals surface area contributed by atoms with Gasteiger partial charge in [0.15, 0.2) is 0 Å². The monoisotopic (exact) mass is 338 g/mol. The number of hydrogen-bond acceptors (Lipinski definition) is 3. The van der Waals surface area contributed by atoms with Crippen molar-refractivity contribution in [1.82, 2.24) is 15.2 Å². The van der Waals surface area contributed by atoms with Gasteiger partial charge in [0.1, 0.15) is 0 Å². The number of piperidine rings is 1. The number of benzene rings is 1. The lowest BCUT2D eigenvalue weighted by Crippen LogP contribution is -2.35. The first-order valence-electron chi connectivity index (χ1n) is 8.55. The molecule has 1 aromatic heterocycles. The number of aromatic nitrogens is 1. The van der Waals surface area contributed by atoms with E-state index in [2.05, 4.69) is 15.6 Å². The third-order valence-corrected chi connectivity index (χ3v) is 4.19. The molecule has 0 saturated carbocycles. The van der Waals surface area contributed by atoms with Gasteiger partial charge in [-0.25, -0.2) is 4.79 Å². The van der Waals surface area contributed by atoms with Crippen LogP contribution in [0.25, 0.3) is 0 Å². The Labute approximate surface area is 147 Å². The second-order valence-electron chi connectivity index (χ2n) is 6.10. The van der Waals surface area contributed by atoms with Crippen LogP contribution < -0.4 is 10.6 Å². The van der Waals surface area contributed by atoms with Crippen molar-refractivity contribution < 1.29 is 9.59 Å². The highest BCUT2D eigenvalue weighted by Gasteiger charge is 2.18. The van der Waals surface area contributed by atoms with Crippen molar-refractivity contribution >= 4 is 17.6 Å². The van der Waals surface area contributed by atoms with E-state index in [0.717, 1.165) is 31.5 Å². The maximum atomic E-state index is 12.5. The van der Waals surface area contributed by atoms with Gasteiger partial charge < -0.3 is 15.5 Å². The van der Waals surface area contributed by atoms with E-state index < -0.39 is 0 Å². The third-order valence-electron chi connectivity index (χ3n) is 4.19. The molecule has 0 bridgehead atoms. The highest BCUT2D eigenvalue weighted by molar-refractivity contribution is 5.97. The summed E-state index contributed by atoms with van der Waals surface area (Å²) in [6, 6.07) is 10.5. The summed E-state index contributed by atoms with van der Waals surface area (Å²) >= 11 is 0. The van der Waals surface area contributed by atoms with Crippen molar-refractivity contribution in [1.29, 1.82) is 0 Å². The van der Waals surface area contributed by atoms with Crippen LogP contribution in [-0.2, 0) is 6.54 Å². The highest BCUT2D eigenvalue weighted by atomic mass is 16.2. The first-order chi connectivity index (χ1) is 12.2. The van der Waals surface area contributed by atoms with Gasteiger partial charge in [-0.3, -0.25) is 9.78 Å². The van der Waals surface area contributed by atoms with Gasteiger partial charge in [0, 0.05) is 43.3 Å². The molecule has 0 atom stereocenters. The summed E-state index contributed by atoms with van der Waals surface area (Å²) in [6.45, 7) is 2.01. The van der Waals surface area contributed by atoms with Crippen LogP contribution in [0.2, 0.25) is 0 Å². The molecule has 0 spiro atoms. The molecule has 2 aromatic rings. The number of pyridine rings is 1. The summed E-state index contributed by atoms with van der Waals surface area (Å²) in [7, 11) is 0. The molecule has 3 amide bonds. The summed E-state index contributed by atoms with van der Waals surface area (Å²) in [6.07, 6.45) is 6.69. The number of nitrogens with zero attached hydrogens (tertiary/aromatic N) is 2. The van der Waals surface area contributed by atoms with Crippen molar-refractivity contribution in [3.05, 3.63) is 59.9 Å². The predicted octanol–water partition coefficient (Wildman–Crippen LogP) is 3.03. The van der Waals surface area contributed by atoms with Crippen LogP contribution in [0.4, 0.5) is 10.5 Å². The lowest BCUT2D eigenvalue weighted by Gasteiger charge is -2.26. The van der Waals surface area contributed by atoms with Crippen molar-refractivity contribution in [3.63, 3.8) is 0 Å². The summed E-state index contributed by atoms with van der Waals surface area (Å²) in [4.78, 5) is 30.5. The minimum atomic E-state index is -0.313. The van der Waals surface area contributed by atoms with Gasteiger partial charge in [-0.05, 0) is 49.1 Å². The SMILES string of the molecule is O=C(NCc1cccnc1)Nc1cccc(C(=O)N2CCCCC2)c1. The number of rotatable bonds is 4. The van der Waals surface area contributed by atoms with Crippen molar-refractivity contribution in [2.75, 3.05) is 18.4 Å². The van der Waals surface area contributed by atoms with Gasteiger partial charge in [-0.2, -0.15) is 0 Å². The number of likely N-dealkylation sites (tertiary alicyclic amines) is 1. The van der Waals surface area contributed by atoms with E-state index in [0.29, 0.717) is 17.8 Å². The number of amides is 3. The molecule has 1 saturated heterocycles. The van der Waals surface area contributed by atoms with Crippen LogP contribution in [0.3, 0.4) is 0 Å². The quantitative estimate of drug-likeness (QED) is 0.900. The zero-order chi connectivity index (χ0) is 17.5. The number of carbonyl (C=O) groups is 2. The van der Waals surface area contributed by atoms with Crippen molar-refractivity contribution in [2.24, 2.45) is 0 Å². The highest BCUT2D eigenvalue weighted by Crippen LogP contribution is 2.16. The van der Waals surface area contributed by atoms with Crippen LogP contribution in [0.5, 0.6) is 0 Å². The van der Waals surface area contributed by atoms with Gasteiger partial charge in [-0.15, -0.1) is 0 Å². The van der Waals surface area contributed by atoms with E-state index in [4.69, 9.17) is 0 Å². The molecule has 0 unspecified atom stereocenters. The maximum absolute atomic E-state index is 12.5. The fourth-order valence-electron chi connectivity index (χ4n) is 2.87. The Bertz CT molecular complexity index is 727. The first-order valence-corrected chi connectivity index (χ1v) is 8.55. The Kier molecular flexibility index (Phi) is 5.61. The molecule has 3 rings (SSSR count). The van der Waals surface area contributed by atoms with Crippen LogP contribution in [0.1, 0.15) is 35.2 Å². The van der Waals surface area contributed by atoms with Gasteiger partial charge in [0.05, 0.1) is 0 Å². The molecule has 0 aliphatic carbocycles. The maximum Gasteiger partial charge on any atom is 0.319 e. The fraction of sp³-hybridized carbons (Fsp3) is 0.316. The van der Waals surface area contributed by atoms with Gasteiger partial charge in [0.25, 0.3) is 5.91 Å². The summed E-state index contributed by atoms with van der Waals surface area (Å²) in [5.41, 5.74) is 2.13. The zero-order valence-corrected chi connectivity index (χ0v) is 14.1. The molecule has 6 nitrogen and oxygen atoms in total. The minimum absolute atomic E-state index is 0.0270. The Balaban J connectivity index is 1.57. The molecule has 25 heavy (non-hydrogen) atoms. The molecule has 6 heteroatoms. The lowest BCUT2D eigenvalue weighted by molar-refractivity contribution is 0.0724. The van der Waals surface area contributed by atoms with Crippen LogP contribution >= 0.6 is 0 Å². The molecule has 0 radical (unpaired) electrons. The molecule has 2 heterocycles. The van der Waals surface area contributed by atoms with E-state index in [1.54, 1.807) is 36.7 Å². The van der Waals surface area contributed by atoms with E-state index in [1.165, 1.54) is 6.42 Å². The lowest BCUT2D eigenvalue weighted by atomic mass is 10.1. The number of anilines is 1. The van der Waals surface area contributed by atoms with E-state index >= 15 is 0 Å². The topological polar surface area (TPSA) is 74.3 Å². The zero-order valence-electron chi connectivity index (χ0n) is 14.1. The van der Waals surface area contributed by atoms with Crippen LogP contribution in [0, 0.1) is 0 Å². The van der Waals surface area contributed by atoms with E-state index in [9.17, 15) is 9.59 Å². The number of carbonyl (C=O) groups excluding carboxylic acids is 2. The normalized spacial score (nSPS) is 14.0. The molecule has 1 aliphatic rings.